The molecule has 0 spiro atoms. The highest BCUT2D eigenvalue weighted by Gasteiger charge is 2.06. The second kappa shape index (κ2) is 7.01. The molecule has 2 aromatic rings. The summed E-state index contributed by atoms with van der Waals surface area (Å²) >= 11 is 0. The molecule has 102 valence electrons. The maximum atomic E-state index is 11.6. The Morgan fingerprint density at radius 2 is 1.50 bits per heavy atom. The molecule has 20 heavy (non-hydrogen) atoms. The summed E-state index contributed by atoms with van der Waals surface area (Å²) in [5.74, 6) is 0. The molecule has 2 rings (SSSR count). The second-order valence-corrected chi connectivity index (χ2v) is 5.89. The molecule has 0 unspecified atom stereocenters. The van der Waals surface area contributed by atoms with Crippen LogP contribution in [0.2, 0.25) is 0 Å². The average Bonchev–Trinajstić information content (AvgIpc) is 2.48. The fourth-order valence-corrected chi connectivity index (χ4v) is 2.69. The molecule has 0 aromatic heterocycles. The SMILES string of the molecule is C=C(C/C(=C/[S@@](C)=O)c1ccccc1)c1ccccc1. The van der Waals surface area contributed by atoms with E-state index in [9.17, 15) is 4.21 Å². The Morgan fingerprint density at radius 1 is 1.00 bits per heavy atom. The lowest BCUT2D eigenvalue weighted by molar-refractivity contribution is 0.692. The van der Waals surface area contributed by atoms with Crippen molar-refractivity contribution in [3.05, 3.63) is 83.8 Å². The van der Waals surface area contributed by atoms with E-state index in [2.05, 4.69) is 6.58 Å². The van der Waals surface area contributed by atoms with E-state index >= 15 is 0 Å². The van der Waals surface area contributed by atoms with Gasteiger partial charge in [0.2, 0.25) is 0 Å². The van der Waals surface area contributed by atoms with Gasteiger partial charge < -0.3 is 0 Å². The van der Waals surface area contributed by atoms with Gasteiger partial charge in [0.15, 0.2) is 0 Å². The van der Waals surface area contributed by atoms with E-state index in [1.54, 1.807) is 6.26 Å². The maximum absolute atomic E-state index is 11.6. The predicted octanol–water partition coefficient (Wildman–Crippen LogP) is 4.51. The van der Waals surface area contributed by atoms with Crippen LogP contribution in [0.3, 0.4) is 0 Å². The molecule has 0 aliphatic heterocycles. The Hall–Kier alpha value is -1.93. The van der Waals surface area contributed by atoms with Crippen LogP contribution in [0.15, 0.2) is 72.7 Å². The van der Waals surface area contributed by atoms with Crippen molar-refractivity contribution in [3.8, 4) is 0 Å². The van der Waals surface area contributed by atoms with E-state index in [0.717, 1.165) is 22.3 Å². The molecule has 0 radical (unpaired) electrons. The predicted molar refractivity (Wildman–Crippen MR) is 88.6 cm³/mol. The topological polar surface area (TPSA) is 17.1 Å². The first-order valence-electron chi connectivity index (χ1n) is 6.48. The second-order valence-electron chi connectivity index (χ2n) is 4.65. The van der Waals surface area contributed by atoms with Crippen LogP contribution >= 0.6 is 0 Å². The molecular weight excluding hydrogens is 264 g/mol. The minimum absolute atomic E-state index is 0.702. The number of hydrogen-bond acceptors (Lipinski definition) is 1. The number of allylic oxidation sites excluding steroid dienone is 2. The number of benzene rings is 2. The van der Waals surface area contributed by atoms with Gasteiger partial charge in [0.25, 0.3) is 0 Å². The van der Waals surface area contributed by atoms with Crippen molar-refractivity contribution >= 4 is 21.9 Å². The highest BCUT2D eigenvalue weighted by Crippen LogP contribution is 2.27. The lowest BCUT2D eigenvalue weighted by atomic mass is 9.96. The van der Waals surface area contributed by atoms with E-state index in [1.165, 1.54) is 0 Å². The monoisotopic (exact) mass is 282 g/mol. The summed E-state index contributed by atoms with van der Waals surface area (Å²) in [5.41, 5.74) is 4.31. The first-order valence-corrected chi connectivity index (χ1v) is 8.10. The lowest BCUT2D eigenvalue weighted by Gasteiger charge is -2.10. The summed E-state index contributed by atoms with van der Waals surface area (Å²) in [6, 6.07) is 20.1. The molecule has 0 saturated heterocycles. The third kappa shape index (κ3) is 4.04. The molecule has 0 saturated carbocycles. The number of hydrogen-bond donors (Lipinski definition) is 0. The fraction of sp³-hybridized carbons (Fsp3) is 0.111. The van der Waals surface area contributed by atoms with Gasteiger partial charge in [0.1, 0.15) is 0 Å². The zero-order valence-corrected chi connectivity index (χ0v) is 12.4. The molecule has 0 N–H and O–H groups in total. The Morgan fingerprint density at radius 3 is 2.00 bits per heavy atom. The van der Waals surface area contributed by atoms with E-state index in [1.807, 2.05) is 66.1 Å². The van der Waals surface area contributed by atoms with Crippen LogP contribution in [-0.4, -0.2) is 10.5 Å². The van der Waals surface area contributed by atoms with Gasteiger partial charge in [0, 0.05) is 22.5 Å². The summed E-state index contributed by atoms with van der Waals surface area (Å²) in [4.78, 5) is 0. The van der Waals surface area contributed by atoms with Gasteiger partial charge in [-0.2, -0.15) is 0 Å². The Labute approximate surface area is 123 Å². The van der Waals surface area contributed by atoms with Crippen molar-refractivity contribution in [2.24, 2.45) is 0 Å². The largest absolute Gasteiger partial charge is 0.255 e. The van der Waals surface area contributed by atoms with E-state index in [0.29, 0.717) is 6.42 Å². The zero-order valence-electron chi connectivity index (χ0n) is 11.6. The van der Waals surface area contributed by atoms with Crippen LogP contribution in [0.25, 0.3) is 11.1 Å². The van der Waals surface area contributed by atoms with Gasteiger partial charge in [-0.25, -0.2) is 0 Å². The van der Waals surface area contributed by atoms with Crippen LogP contribution in [-0.2, 0) is 10.8 Å². The van der Waals surface area contributed by atoms with Gasteiger partial charge in [-0.15, -0.1) is 0 Å². The van der Waals surface area contributed by atoms with E-state index in [4.69, 9.17) is 0 Å². The molecule has 0 fully saturated rings. The average molecular weight is 282 g/mol. The normalized spacial score (nSPS) is 12.9. The van der Waals surface area contributed by atoms with Crippen LogP contribution < -0.4 is 0 Å². The van der Waals surface area contributed by atoms with Crippen molar-refractivity contribution < 1.29 is 4.21 Å². The first-order chi connectivity index (χ1) is 9.66. The van der Waals surface area contributed by atoms with Gasteiger partial charge in [-0.3, -0.25) is 4.21 Å². The van der Waals surface area contributed by atoms with E-state index < -0.39 is 10.8 Å². The Kier molecular flexibility index (Phi) is 5.08. The molecule has 0 heterocycles. The van der Waals surface area contributed by atoms with Crippen LogP contribution in [0.1, 0.15) is 17.5 Å². The summed E-state index contributed by atoms with van der Waals surface area (Å²) < 4.78 is 11.6. The fourth-order valence-electron chi connectivity index (χ4n) is 2.07. The third-order valence-corrected chi connectivity index (χ3v) is 3.66. The van der Waals surface area contributed by atoms with Gasteiger partial charge >= 0.3 is 0 Å². The van der Waals surface area contributed by atoms with Crippen LogP contribution in [0.4, 0.5) is 0 Å². The Bertz CT molecular complexity index is 627. The molecule has 0 bridgehead atoms. The number of rotatable bonds is 5. The zero-order chi connectivity index (χ0) is 14.4. The minimum Gasteiger partial charge on any atom is -0.255 e. The highest BCUT2D eigenvalue weighted by molar-refractivity contribution is 7.87. The van der Waals surface area contributed by atoms with Gasteiger partial charge in [-0.05, 0) is 28.7 Å². The quantitative estimate of drug-likeness (QED) is 0.788. The maximum Gasteiger partial charge on any atom is 0.0427 e. The highest BCUT2D eigenvalue weighted by atomic mass is 32.2. The molecule has 1 nitrogen and oxygen atoms in total. The van der Waals surface area contributed by atoms with Gasteiger partial charge in [0.05, 0.1) is 0 Å². The molecule has 0 amide bonds. The first kappa shape index (κ1) is 14.5. The standard InChI is InChI=1S/C18H18OS/c1-15(16-9-5-3-6-10-16)13-18(14-20(2)19)17-11-7-4-8-12-17/h3-12,14H,1,13H2,2H3/b18-14-/t20-/m1/s1. The van der Waals surface area contributed by atoms with Crippen molar-refractivity contribution in [2.45, 2.75) is 6.42 Å². The summed E-state index contributed by atoms with van der Waals surface area (Å²) in [5, 5.41) is 1.81. The molecule has 0 aliphatic carbocycles. The van der Waals surface area contributed by atoms with Crippen molar-refractivity contribution in [2.75, 3.05) is 6.26 Å². The van der Waals surface area contributed by atoms with Gasteiger partial charge in [-0.1, -0.05) is 67.2 Å². The molecule has 2 heteroatoms. The Balaban J connectivity index is 2.26. The van der Waals surface area contributed by atoms with Crippen molar-refractivity contribution in [1.29, 1.82) is 0 Å². The summed E-state index contributed by atoms with van der Waals surface area (Å²) in [6.45, 7) is 4.16. The third-order valence-electron chi connectivity index (χ3n) is 3.04. The van der Waals surface area contributed by atoms with Crippen molar-refractivity contribution in [3.63, 3.8) is 0 Å². The van der Waals surface area contributed by atoms with Crippen molar-refractivity contribution in [1.82, 2.24) is 0 Å². The van der Waals surface area contributed by atoms with Crippen LogP contribution in [0, 0.1) is 0 Å². The molecule has 2 aromatic carbocycles. The lowest BCUT2D eigenvalue weighted by Crippen LogP contribution is -1.91. The summed E-state index contributed by atoms with van der Waals surface area (Å²) in [7, 11) is -0.972. The summed E-state index contributed by atoms with van der Waals surface area (Å²) in [6.07, 6.45) is 2.39. The smallest absolute Gasteiger partial charge is 0.0427 e. The van der Waals surface area contributed by atoms with Crippen LogP contribution in [0.5, 0.6) is 0 Å². The molecule has 0 aliphatic rings. The van der Waals surface area contributed by atoms with E-state index in [-0.39, 0.29) is 0 Å². The molecular formula is C18H18OS. The molecule has 1 atom stereocenters. The minimum atomic E-state index is -0.972.